The predicted molar refractivity (Wildman–Crippen MR) is 47.4 cm³/mol. The number of hydrogen-bond donors (Lipinski definition) is 1. The minimum absolute atomic E-state index is 0.00551. The summed E-state index contributed by atoms with van der Waals surface area (Å²) in [5.41, 5.74) is 0.990. The summed E-state index contributed by atoms with van der Waals surface area (Å²) in [6.07, 6.45) is 2.60. The number of nitrogens with zero attached hydrogens (tertiary/aromatic N) is 1. The molecule has 0 radical (unpaired) electrons. The van der Waals surface area contributed by atoms with E-state index in [-0.39, 0.29) is 6.10 Å². The van der Waals surface area contributed by atoms with Crippen LogP contribution in [0.2, 0.25) is 0 Å². The minimum atomic E-state index is -0.00551. The van der Waals surface area contributed by atoms with Gasteiger partial charge >= 0.3 is 0 Å². The number of ether oxygens (including phenoxy) is 1. The highest BCUT2D eigenvalue weighted by Gasteiger charge is 2.20. The van der Waals surface area contributed by atoms with Crippen LogP contribution in [-0.2, 0) is 11.2 Å². The zero-order valence-corrected chi connectivity index (χ0v) is 7.75. The van der Waals surface area contributed by atoms with Crippen molar-refractivity contribution in [2.45, 2.75) is 19.4 Å². The molecule has 0 spiro atoms. The molecule has 1 atom stereocenters. The quantitative estimate of drug-likeness (QED) is 0.738. The molecular weight excluding hydrogens is 168 g/mol. The first-order valence-electron chi connectivity index (χ1n) is 4.66. The molecule has 13 heavy (non-hydrogen) atoms. The topological polar surface area (TPSA) is 47.3 Å². The predicted octanol–water partition coefficient (Wildman–Crippen LogP) is 0.898. The van der Waals surface area contributed by atoms with Gasteiger partial charge in [-0.1, -0.05) is 6.92 Å². The number of rotatable bonds is 2. The zero-order valence-electron chi connectivity index (χ0n) is 7.75. The zero-order chi connectivity index (χ0) is 9.10. The van der Waals surface area contributed by atoms with Crippen molar-refractivity contribution < 1.29 is 9.15 Å². The fraction of sp³-hybridized carbons (Fsp3) is 0.667. The average Bonchev–Trinajstić information content (AvgIpc) is 2.67. The molecule has 1 aromatic heterocycles. The van der Waals surface area contributed by atoms with E-state index in [0.717, 1.165) is 31.8 Å². The highest BCUT2D eigenvalue weighted by molar-refractivity contribution is 4.99. The minimum Gasteiger partial charge on any atom is -0.446 e. The number of aromatic nitrogens is 1. The molecule has 4 heteroatoms. The van der Waals surface area contributed by atoms with Gasteiger partial charge in [0.15, 0.2) is 0 Å². The maximum atomic E-state index is 5.50. The largest absolute Gasteiger partial charge is 0.446 e. The van der Waals surface area contributed by atoms with E-state index >= 15 is 0 Å². The Balaban J connectivity index is 2.05. The van der Waals surface area contributed by atoms with E-state index in [2.05, 4.69) is 17.2 Å². The Labute approximate surface area is 77.3 Å². The van der Waals surface area contributed by atoms with Crippen molar-refractivity contribution >= 4 is 0 Å². The Kier molecular flexibility index (Phi) is 2.61. The van der Waals surface area contributed by atoms with Crippen LogP contribution in [0.1, 0.15) is 24.6 Å². The van der Waals surface area contributed by atoms with Crippen LogP contribution in [0.3, 0.4) is 0 Å². The average molecular weight is 182 g/mol. The Bertz CT molecular complexity index is 266. The van der Waals surface area contributed by atoms with E-state index < -0.39 is 0 Å². The van der Waals surface area contributed by atoms with E-state index in [1.54, 1.807) is 6.26 Å². The first kappa shape index (κ1) is 8.72. The first-order valence-corrected chi connectivity index (χ1v) is 4.66. The monoisotopic (exact) mass is 182 g/mol. The summed E-state index contributed by atoms with van der Waals surface area (Å²) in [6.45, 7) is 4.50. The lowest BCUT2D eigenvalue weighted by molar-refractivity contribution is 0.0108. The summed E-state index contributed by atoms with van der Waals surface area (Å²) in [4.78, 5) is 4.32. The molecule has 0 aliphatic carbocycles. The first-order chi connectivity index (χ1) is 6.40. The summed E-state index contributed by atoms with van der Waals surface area (Å²) in [5, 5.41) is 3.24. The summed E-state index contributed by atoms with van der Waals surface area (Å²) in [7, 11) is 0. The standard InChI is InChI=1S/C9H14N2O2/c1-2-7-6-13-9(11-7)8-5-10-3-4-12-8/h6,8,10H,2-5H2,1H3. The Morgan fingerprint density at radius 1 is 1.69 bits per heavy atom. The van der Waals surface area contributed by atoms with Gasteiger partial charge in [0.2, 0.25) is 5.89 Å². The van der Waals surface area contributed by atoms with Gasteiger partial charge in [-0.15, -0.1) is 0 Å². The van der Waals surface area contributed by atoms with Crippen LogP contribution in [-0.4, -0.2) is 24.7 Å². The number of nitrogens with one attached hydrogen (secondary N) is 1. The van der Waals surface area contributed by atoms with E-state index in [0.29, 0.717) is 5.89 Å². The molecule has 72 valence electrons. The van der Waals surface area contributed by atoms with E-state index in [1.807, 2.05) is 0 Å². The Morgan fingerprint density at radius 2 is 2.62 bits per heavy atom. The molecule has 1 N–H and O–H groups in total. The molecule has 2 rings (SSSR count). The molecule has 1 aliphatic rings. The molecule has 1 aliphatic heterocycles. The van der Waals surface area contributed by atoms with Gasteiger partial charge in [-0.3, -0.25) is 0 Å². The Morgan fingerprint density at radius 3 is 3.23 bits per heavy atom. The van der Waals surface area contributed by atoms with Crippen molar-refractivity contribution in [3.8, 4) is 0 Å². The fourth-order valence-corrected chi connectivity index (χ4v) is 1.36. The van der Waals surface area contributed by atoms with Crippen molar-refractivity contribution in [1.29, 1.82) is 0 Å². The van der Waals surface area contributed by atoms with Crippen LogP contribution < -0.4 is 5.32 Å². The summed E-state index contributed by atoms with van der Waals surface area (Å²) in [6, 6.07) is 0. The summed E-state index contributed by atoms with van der Waals surface area (Å²) < 4.78 is 10.8. The molecule has 0 bridgehead atoms. The molecule has 2 heterocycles. The molecule has 0 aromatic carbocycles. The lowest BCUT2D eigenvalue weighted by Crippen LogP contribution is -2.33. The van der Waals surface area contributed by atoms with E-state index in [9.17, 15) is 0 Å². The second-order valence-corrected chi connectivity index (χ2v) is 3.09. The van der Waals surface area contributed by atoms with Crippen LogP contribution in [0.15, 0.2) is 10.7 Å². The second kappa shape index (κ2) is 3.89. The SMILES string of the molecule is CCc1coc(C2CNCCO2)n1. The molecule has 0 saturated carbocycles. The third-order valence-electron chi connectivity index (χ3n) is 2.13. The fourth-order valence-electron chi connectivity index (χ4n) is 1.36. The number of aryl methyl sites for hydroxylation is 1. The van der Waals surface area contributed by atoms with Gasteiger partial charge < -0.3 is 14.5 Å². The van der Waals surface area contributed by atoms with Gasteiger partial charge in [0.25, 0.3) is 0 Å². The Hall–Kier alpha value is -0.870. The van der Waals surface area contributed by atoms with Crippen LogP contribution >= 0.6 is 0 Å². The maximum Gasteiger partial charge on any atom is 0.224 e. The maximum absolute atomic E-state index is 5.50. The van der Waals surface area contributed by atoms with Gasteiger partial charge in [-0.25, -0.2) is 4.98 Å². The van der Waals surface area contributed by atoms with Crippen LogP contribution in [0, 0.1) is 0 Å². The lowest BCUT2D eigenvalue weighted by atomic mass is 10.3. The van der Waals surface area contributed by atoms with Crippen molar-refractivity contribution in [2.24, 2.45) is 0 Å². The third kappa shape index (κ3) is 1.89. The normalized spacial score (nSPS) is 23.3. The van der Waals surface area contributed by atoms with Crippen molar-refractivity contribution in [3.63, 3.8) is 0 Å². The molecule has 4 nitrogen and oxygen atoms in total. The summed E-state index contributed by atoms with van der Waals surface area (Å²) in [5.74, 6) is 0.698. The molecule has 1 saturated heterocycles. The van der Waals surface area contributed by atoms with Gasteiger partial charge in [0.1, 0.15) is 12.4 Å². The molecule has 1 fully saturated rings. The number of hydrogen-bond acceptors (Lipinski definition) is 4. The van der Waals surface area contributed by atoms with Crippen molar-refractivity contribution in [3.05, 3.63) is 17.8 Å². The van der Waals surface area contributed by atoms with Gasteiger partial charge in [0, 0.05) is 13.1 Å². The molecular formula is C9H14N2O2. The van der Waals surface area contributed by atoms with Crippen LogP contribution in [0.25, 0.3) is 0 Å². The molecule has 0 amide bonds. The molecule has 1 unspecified atom stereocenters. The highest BCUT2D eigenvalue weighted by Crippen LogP contribution is 2.17. The second-order valence-electron chi connectivity index (χ2n) is 3.09. The number of morpholine rings is 1. The van der Waals surface area contributed by atoms with Crippen molar-refractivity contribution in [2.75, 3.05) is 19.7 Å². The molecule has 1 aromatic rings. The smallest absolute Gasteiger partial charge is 0.224 e. The highest BCUT2D eigenvalue weighted by atomic mass is 16.5. The van der Waals surface area contributed by atoms with E-state index in [1.165, 1.54) is 0 Å². The summed E-state index contributed by atoms with van der Waals surface area (Å²) >= 11 is 0. The van der Waals surface area contributed by atoms with Gasteiger partial charge in [-0.2, -0.15) is 0 Å². The van der Waals surface area contributed by atoms with E-state index in [4.69, 9.17) is 9.15 Å². The van der Waals surface area contributed by atoms with Crippen LogP contribution in [0.5, 0.6) is 0 Å². The number of oxazole rings is 1. The third-order valence-corrected chi connectivity index (χ3v) is 2.13. The van der Waals surface area contributed by atoms with Gasteiger partial charge in [-0.05, 0) is 6.42 Å². The van der Waals surface area contributed by atoms with Crippen LogP contribution in [0.4, 0.5) is 0 Å². The van der Waals surface area contributed by atoms with Crippen molar-refractivity contribution in [1.82, 2.24) is 10.3 Å². The lowest BCUT2D eigenvalue weighted by Gasteiger charge is -2.20. The van der Waals surface area contributed by atoms with Gasteiger partial charge in [0.05, 0.1) is 12.3 Å².